The monoisotopic (exact) mass is 250 g/mol. The fraction of sp³-hybridized carbons (Fsp3) is 0.818. The number of piperazine rings is 1. The third-order valence-electron chi connectivity index (χ3n) is 3.05. The summed E-state index contributed by atoms with van der Waals surface area (Å²) in [5.74, 6) is 0. The summed E-state index contributed by atoms with van der Waals surface area (Å²) in [6.07, 6.45) is 2.31. The minimum absolute atomic E-state index is 0.582. The molecule has 88 valence electrons. The lowest BCUT2D eigenvalue weighted by Crippen LogP contribution is -2.56. The predicted molar refractivity (Wildman–Crippen MR) is 67.5 cm³/mol. The molecule has 1 rings (SSSR count). The zero-order valence-corrected chi connectivity index (χ0v) is 11.0. The molecule has 0 aliphatic carbocycles. The van der Waals surface area contributed by atoms with E-state index in [9.17, 15) is 0 Å². The fourth-order valence-electron chi connectivity index (χ4n) is 2.03. The Balaban J connectivity index is 2.54. The van der Waals surface area contributed by atoms with Gasteiger partial charge in [-0.15, -0.1) is 0 Å². The van der Waals surface area contributed by atoms with Crippen LogP contribution in [0.4, 0.5) is 0 Å². The van der Waals surface area contributed by atoms with Gasteiger partial charge in [-0.25, -0.2) is 0 Å². The van der Waals surface area contributed by atoms with Crippen LogP contribution in [0.25, 0.3) is 0 Å². The zero-order chi connectivity index (χ0) is 11.3. The lowest BCUT2D eigenvalue weighted by atomic mass is 10.1. The lowest BCUT2D eigenvalue weighted by molar-refractivity contribution is 0.138. The summed E-state index contributed by atoms with van der Waals surface area (Å²) in [4.78, 5) is 2.42. The number of halogens is 2. The maximum absolute atomic E-state index is 5.98. The van der Waals surface area contributed by atoms with Gasteiger partial charge >= 0.3 is 0 Å². The molecule has 0 amide bonds. The van der Waals surface area contributed by atoms with Crippen molar-refractivity contribution in [2.75, 3.05) is 19.6 Å². The van der Waals surface area contributed by atoms with Crippen molar-refractivity contribution in [1.82, 2.24) is 10.2 Å². The molecule has 1 N–H and O–H groups in total. The SMILES string of the molecule is CCC1CN(CC(Cl)=CCl)C(CC)CN1. The van der Waals surface area contributed by atoms with E-state index in [0.717, 1.165) is 37.5 Å². The van der Waals surface area contributed by atoms with Crippen LogP contribution in [0.3, 0.4) is 0 Å². The average molecular weight is 251 g/mol. The van der Waals surface area contributed by atoms with Gasteiger partial charge in [-0.2, -0.15) is 0 Å². The second-order valence-electron chi connectivity index (χ2n) is 4.06. The Morgan fingerprint density at radius 2 is 2.20 bits per heavy atom. The van der Waals surface area contributed by atoms with Gasteiger partial charge in [0.25, 0.3) is 0 Å². The van der Waals surface area contributed by atoms with Gasteiger partial charge in [0.05, 0.1) is 0 Å². The largest absolute Gasteiger partial charge is 0.311 e. The number of nitrogens with one attached hydrogen (secondary N) is 1. The molecule has 0 spiro atoms. The number of hydrogen-bond acceptors (Lipinski definition) is 2. The minimum atomic E-state index is 0.582. The molecule has 0 saturated carbocycles. The van der Waals surface area contributed by atoms with Gasteiger partial charge in [0.1, 0.15) is 0 Å². The van der Waals surface area contributed by atoms with E-state index in [2.05, 4.69) is 24.1 Å². The van der Waals surface area contributed by atoms with Gasteiger partial charge in [0.2, 0.25) is 0 Å². The lowest BCUT2D eigenvalue weighted by Gasteiger charge is -2.39. The molecular weight excluding hydrogens is 231 g/mol. The Kier molecular flexibility index (Phi) is 5.98. The summed E-state index contributed by atoms with van der Waals surface area (Å²) in [6, 6.07) is 1.17. The molecule has 2 unspecified atom stereocenters. The highest BCUT2D eigenvalue weighted by Crippen LogP contribution is 2.16. The first-order valence-corrected chi connectivity index (χ1v) is 6.44. The highest BCUT2D eigenvalue weighted by atomic mass is 35.5. The van der Waals surface area contributed by atoms with Gasteiger partial charge in [-0.05, 0) is 12.8 Å². The topological polar surface area (TPSA) is 15.3 Å². The van der Waals surface area contributed by atoms with Gasteiger partial charge < -0.3 is 5.32 Å². The Labute approximate surface area is 103 Å². The van der Waals surface area contributed by atoms with E-state index < -0.39 is 0 Å². The van der Waals surface area contributed by atoms with Gasteiger partial charge in [-0.3, -0.25) is 4.90 Å². The van der Waals surface area contributed by atoms with E-state index in [1.165, 1.54) is 5.54 Å². The van der Waals surface area contributed by atoms with E-state index in [0.29, 0.717) is 12.1 Å². The number of nitrogens with zero attached hydrogens (tertiary/aromatic N) is 1. The van der Waals surface area contributed by atoms with Crippen molar-refractivity contribution in [2.45, 2.75) is 38.8 Å². The van der Waals surface area contributed by atoms with Crippen molar-refractivity contribution in [3.63, 3.8) is 0 Å². The summed E-state index contributed by atoms with van der Waals surface area (Å²) in [5.41, 5.74) is 1.47. The molecule has 15 heavy (non-hydrogen) atoms. The van der Waals surface area contributed by atoms with Crippen LogP contribution in [0, 0.1) is 0 Å². The van der Waals surface area contributed by atoms with Crippen molar-refractivity contribution in [1.29, 1.82) is 0 Å². The molecule has 1 fully saturated rings. The quantitative estimate of drug-likeness (QED) is 0.826. The Morgan fingerprint density at radius 1 is 1.47 bits per heavy atom. The first-order valence-electron chi connectivity index (χ1n) is 5.63. The third kappa shape index (κ3) is 3.95. The fourth-order valence-corrected chi connectivity index (χ4v) is 2.25. The van der Waals surface area contributed by atoms with Crippen molar-refractivity contribution in [2.24, 2.45) is 0 Å². The van der Waals surface area contributed by atoms with Crippen LogP contribution in [0.15, 0.2) is 10.6 Å². The molecule has 4 heteroatoms. The van der Waals surface area contributed by atoms with E-state index in [1.54, 1.807) is 0 Å². The van der Waals surface area contributed by atoms with Gasteiger partial charge in [0.15, 0.2) is 0 Å². The molecule has 0 bridgehead atoms. The van der Waals surface area contributed by atoms with Crippen molar-refractivity contribution in [3.8, 4) is 0 Å². The van der Waals surface area contributed by atoms with Crippen molar-refractivity contribution in [3.05, 3.63) is 10.6 Å². The first kappa shape index (κ1) is 13.3. The molecule has 0 radical (unpaired) electrons. The van der Waals surface area contributed by atoms with Crippen LogP contribution < -0.4 is 5.32 Å². The molecule has 1 saturated heterocycles. The third-order valence-corrected chi connectivity index (χ3v) is 3.65. The van der Waals surface area contributed by atoms with E-state index in [-0.39, 0.29) is 0 Å². The zero-order valence-electron chi connectivity index (χ0n) is 9.47. The second-order valence-corrected chi connectivity index (χ2v) is 4.76. The summed E-state index contributed by atoms with van der Waals surface area (Å²) in [6.45, 7) is 7.32. The smallest absolute Gasteiger partial charge is 0.0434 e. The van der Waals surface area contributed by atoms with Crippen LogP contribution in [0.2, 0.25) is 0 Å². The second kappa shape index (κ2) is 6.74. The number of hydrogen-bond donors (Lipinski definition) is 1. The molecule has 2 nitrogen and oxygen atoms in total. The first-order chi connectivity index (χ1) is 7.21. The Morgan fingerprint density at radius 3 is 2.73 bits per heavy atom. The Hall–Kier alpha value is 0.240. The normalized spacial score (nSPS) is 29.5. The molecular formula is C11H20Cl2N2. The summed E-state index contributed by atoms with van der Waals surface area (Å²) < 4.78 is 0. The molecule has 0 aromatic heterocycles. The van der Waals surface area contributed by atoms with Crippen LogP contribution in [0.1, 0.15) is 26.7 Å². The van der Waals surface area contributed by atoms with Gasteiger partial charge in [-0.1, -0.05) is 37.0 Å². The Bertz CT molecular complexity index is 219. The summed E-state index contributed by atoms with van der Waals surface area (Å²) in [5, 5.41) is 4.28. The molecule has 2 atom stereocenters. The average Bonchev–Trinajstić information content (AvgIpc) is 2.28. The highest BCUT2D eigenvalue weighted by molar-refractivity contribution is 6.36. The maximum Gasteiger partial charge on any atom is 0.0434 e. The summed E-state index contributed by atoms with van der Waals surface area (Å²) >= 11 is 11.6. The van der Waals surface area contributed by atoms with Crippen LogP contribution in [0.5, 0.6) is 0 Å². The molecule has 0 aromatic rings. The van der Waals surface area contributed by atoms with Crippen molar-refractivity contribution < 1.29 is 0 Å². The van der Waals surface area contributed by atoms with E-state index in [1.807, 2.05) is 0 Å². The van der Waals surface area contributed by atoms with Crippen LogP contribution in [-0.2, 0) is 0 Å². The van der Waals surface area contributed by atoms with E-state index >= 15 is 0 Å². The summed E-state index contributed by atoms with van der Waals surface area (Å²) in [7, 11) is 0. The van der Waals surface area contributed by atoms with E-state index in [4.69, 9.17) is 23.2 Å². The number of rotatable bonds is 4. The minimum Gasteiger partial charge on any atom is -0.311 e. The highest BCUT2D eigenvalue weighted by Gasteiger charge is 2.25. The molecule has 1 heterocycles. The molecule has 0 aromatic carbocycles. The predicted octanol–water partition coefficient (Wildman–Crippen LogP) is 2.77. The maximum atomic E-state index is 5.98. The van der Waals surface area contributed by atoms with Crippen LogP contribution in [-0.4, -0.2) is 36.6 Å². The van der Waals surface area contributed by atoms with Gasteiger partial charge in [0, 0.05) is 42.3 Å². The van der Waals surface area contributed by atoms with Crippen molar-refractivity contribution >= 4 is 23.2 Å². The standard InChI is InChI=1S/C11H20Cl2N2/c1-3-10-8-15(7-9(13)5-12)11(4-2)6-14-10/h5,10-11,14H,3-4,6-8H2,1-2H3. The van der Waals surface area contributed by atoms with Crippen LogP contribution >= 0.6 is 23.2 Å². The molecule has 1 aliphatic rings. The molecule has 1 aliphatic heterocycles.